The zero-order chi connectivity index (χ0) is 18.8. The Morgan fingerprint density at radius 1 is 1.26 bits per heavy atom. The van der Waals surface area contributed by atoms with E-state index in [0.717, 1.165) is 10.6 Å². The first-order valence-corrected chi connectivity index (χ1v) is 9.08. The van der Waals surface area contributed by atoms with Gasteiger partial charge in [-0.15, -0.1) is 0 Å². The number of furan rings is 1. The number of hydrogen-bond donors (Lipinski definition) is 1. The second kappa shape index (κ2) is 7.05. The number of benzene rings is 1. The number of nitriles is 1. The van der Waals surface area contributed by atoms with Gasteiger partial charge in [0.05, 0.1) is 30.1 Å². The van der Waals surface area contributed by atoms with Crippen LogP contribution in [0.3, 0.4) is 0 Å². The Morgan fingerprint density at radius 2 is 2.07 bits per heavy atom. The van der Waals surface area contributed by atoms with E-state index in [4.69, 9.17) is 9.68 Å². The molecule has 7 nitrogen and oxygen atoms in total. The molecule has 0 unspecified atom stereocenters. The van der Waals surface area contributed by atoms with Gasteiger partial charge in [-0.1, -0.05) is 11.3 Å². The fourth-order valence-corrected chi connectivity index (χ4v) is 3.88. The molecule has 3 aromatic rings. The predicted molar refractivity (Wildman–Crippen MR) is 98.4 cm³/mol. The fraction of sp³-hybridized carbons (Fsp3) is 0.158. The lowest BCUT2D eigenvalue weighted by Crippen LogP contribution is -2.35. The van der Waals surface area contributed by atoms with Crippen LogP contribution in [0, 0.1) is 11.3 Å². The summed E-state index contributed by atoms with van der Waals surface area (Å²) in [5, 5.41) is 12.1. The largest absolute Gasteiger partial charge is 0.459 e. The normalized spacial score (nSPS) is 12.9. The highest BCUT2D eigenvalue weighted by atomic mass is 32.1. The number of hydrogen-bond acceptors (Lipinski definition) is 6. The van der Waals surface area contributed by atoms with Crippen LogP contribution in [0.15, 0.2) is 47.1 Å². The van der Waals surface area contributed by atoms with Gasteiger partial charge in [0.2, 0.25) is 0 Å². The summed E-state index contributed by atoms with van der Waals surface area (Å²) in [6, 6.07) is 11.9. The van der Waals surface area contributed by atoms with Crippen molar-refractivity contribution in [3.63, 3.8) is 0 Å². The molecule has 0 spiro atoms. The minimum Gasteiger partial charge on any atom is -0.459 e. The van der Waals surface area contributed by atoms with E-state index >= 15 is 0 Å². The van der Waals surface area contributed by atoms with Crippen molar-refractivity contribution >= 4 is 28.3 Å². The lowest BCUT2D eigenvalue weighted by molar-refractivity contribution is 0.0736. The fourth-order valence-electron chi connectivity index (χ4n) is 2.86. The second-order valence-electron chi connectivity index (χ2n) is 5.99. The van der Waals surface area contributed by atoms with Gasteiger partial charge in [-0.2, -0.15) is 5.26 Å². The van der Waals surface area contributed by atoms with Gasteiger partial charge < -0.3 is 9.32 Å². The maximum absolute atomic E-state index is 12.7. The minimum absolute atomic E-state index is 0.0836. The van der Waals surface area contributed by atoms with Crippen molar-refractivity contribution in [2.24, 2.45) is 0 Å². The van der Waals surface area contributed by atoms with E-state index < -0.39 is 0 Å². The smallest absolute Gasteiger partial charge is 0.293 e. The minimum atomic E-state index is -0.350. The molecule has 0 saturated carbocycles. The third-order valence-corrected chi connectivity index (χ3v) is 5.24. The van der Waals surface area contributed by atoms with Crippen LogP contribution >= 0.6 is 11.3 Å². The van der Waals surface area contributed by atoms with Gasteiger partial charge in [-0.3, -0.25) is 14.9 Å². The highest BCUT2D eigenvalue weighted by Crippen LogP contribution is 2.29. The van der Waals surface area contributed by atoms with Crippen molar-refractivity contribution in [2.75, 3.05) is 11.9 Å². The van der Waals surface area contributed by atoms with Crippen molar-refractivity contribution in [2.45, 2.75) is 13.0 Å². The number of nitrogens with zero attached hydrogens (tertiary/aromatic N) is 3. The molecule has 0 atom stereocenters. The van der Waals surface area contributed by atoms with Crippen LogP contribution in [0.25, 0.3) is 0 Å². The van der Waals surface area contributed by atoms with Crippen LogP contribution < -0.4 is 5.32 Å². The number of fused-ring (bicyclic) bond motifs is 1. The first-order valence-electron chi connectivity index (χ1n) is 8.27. The highest BCUT2D eigenvalue weighted by Gasteiger charge is 2.25. The standard InChI is InChI=1S/C19H14N4O3S/c20-10-12-3-5-13(6-4-12)18(25)23-8-7-14-16(11-23)27-19(21-14)22-17(24)15-2-1-9-26-15/h1-6,9H,7-8,11H2,(H,21,22,24). The molecule has 1 aromatic carbocycles. The van der Waals surface area contributed by atoms with Gasteiger partial charge in [0, 0.05) is 23.4 Å². The van der Waals surface area contributed by atoms with Crippen molar-refractivity contribution in [3.05, 3.63) is 70.1 Å². The first-order chi connectivity index (χ1) is 13.1. The SMILES string of the molecule is N#Cc1ccc(C(=O)N2CCc3nc(NC(=O)c4ccco4)sc3C2)cc1. The Bertz CT molecular complexity index is 1030. The van der Waals surface area contributed by atoms with E-state index in [-0.39, 0.29) is 17.6 Å². The monoisotopic (exact) mass is 378 g/mol. The first kappa shape index (κ1) is 17.0. The summed E-state index contributed by atoms with van der Waals surface area (Å²) in [5.74, 6) is -0.211. The number of carbonyl (C=O) groups excluding carboxylic acids is 2. The van der Waals surface area contributed by atoms with Gasteiger partial charge >= 0.3 is 0 Å². The molecule has 0 saturated heterocycles. The quantitative estimate of drug-likeness (QED) is 0.755. The summed E-state index contributed by atoms with van der Waals surface area (Å²) in [4.78, 5) is 31.9. The molecule has 3 heterocycles. The van der Waals surface area contributed by atoms with E-state index in [2.05, 4.69) is 10.3 Å². The Morgan fingerprint density at radius 3 is 2.78 bits per heavy atom. The maximum atomic E-state index is 12.7. The number of aromatic nitrogens is 1. The maximum Gasteiger partial charge on any atom is 0.293 e. The van der Waals surface area contributed by atoms with Crippen molar-refractivity contribution < 1.29 is 14.0 Å². The van der Waals surface area contributed by atoms with Crippen molar-refractivity contribution in [1.82, 2.24) is 9.88 Å². The van der Waals surface area contributed by atoms with Gasteiger partial charge in [-0.05, 0) is 36.4 Å². The zero-order valence-electron chi connectivity index (χ0n) is 14.1. The molecule has 1 N–H and O–H groups in total. The molecule has 134 valence electrons. The molecule has 27 heavy (non-hydrogen) atoms. The molecule has 4 rings (SSSR count). The summed E-state index contributed by atoms with van der Waals surface area (Å²) in [6.07, 6.45) is 2.07. The molecule has 0 aliphatic carbocycles. The van der Waals surface area contributed by atoms with E-state index in [1.807, 2.05) is 6.07 Å². The average Bonchev–Trinajstić information content (AvgIpc) is 3.36. The zero-order valence-corrected chi connectivity index (χ0v) is 15.0. The Kier molecular flexibility index (Phi) is 4.44. The van der Waals surface area contributed by atoms with Crippen LogP contribution in [0.4, 0.5) is 5.13 Å². The lowest BCUT2D eigenvalue weighted by atomic mass is 10.1. The number of carbonyl (C=O) groups is 2. The summed E-state index contributed by atoms with van der Waals surface area (Å²) < 4.78 is 5.08. The van der Waals surface area contributed by atoms with Gasteiger partial charge in [0.25, 0.3) is 11.8 Å². The molecular weight excluding hydrogens is 364 g/mol. The van der Waals surface area contributed by atoms with Crippen molar-refractivity contribution in [1.29, 1.82) is 5.26 Å². The van der Waals surface area contributed by atoms with Crippen LogP contribution in [0.2, 0.25) is 0 Å². The Hall–Kier alpha value is -3.44. The molecule has 8 heteroatoms. The predicted octanol–water partition coefficient (Wildman–Crippen LogP) is 3.06. The van der Waals surface area contributed by atoms with Crippen LogP contribution in [-0.2, 0) is 13.0 Å². The third-order valence-electron chi connectivity index (χ3n) is 4.24. The van der Waals surface area contributed by atoms with Crippen LogP contribution in [0.1, 0.15) is 37.0 Å². The molecule has 2 amide bonds. The number of nitrogens with one attached hydrogen (secondary N) is 1. The molecule has 0 radical (unpaired) electrons. The lowest BCUT2D eigenvalue weighted by Gasteiger charge is -2.26. The number of amides is 2. The molecule has 2 aromatic heterocycles. The molecule has 0 bridgehead atoms. The Balaban J connectivity index is 1.46. The summed E-state index contributed by atoms with van der Waals surface area (Å²) >= 11 is 1.36. The van der Waals surface area contributed by atoms with E-state index in [1.54, 1.807) is 41.3 Å². The van der Waals surface area contributed by atoms with E-state index in [0.29, 0.717) is 35.8 Å². The van der Waals surface area contributed by atoms with Gasteiger partial charge in [0.15, 0.2) is 10.9 Å². The second-order valence-corrected chi connectivity index (χ2v) is 7.07. The van der Waals surface area contributed by atoms with Gasteiger partial charge in [-0.25, -0.2) is 4.98 Å². The Labute approximate surface area is 158 Å². The molecule has 1 aliphatic rings. The van der Waals surface area contributed by atoms with Crippen LogP contribution in [0.5, 0.6) is 0 Å². The molecule has 1 aliphatic heterocycles. The topological polar surface area (TPSA) is 99.2 Å². The third kappa shape index (κ3) is 3.45. The van der Waals surface area contributed by atoms with Crippen molar-refractivity contribution in [3.8, 4) is 6.07 Å². The van der Waals surface area contributed by atoms with Gasteiger partial charge in [0.1, 0.15) is 0 Å². The number of thiazole rings is 1. The number of rotatable bonds is 3. The van der Waals surface area contributed by atoms with E-state index in [9.17, 15) is 9.59 Å². The molecular formula is C19H14N4O3S. The average molecular weight is 378 g/mol. The summed E-state index contributed by atoms with van der Waals surface area (Å²) in [5.41, 5.74) is 1.97. The van der Waals surface area contributed by atoms with E-state index in [1.165, 1.54) is 17.6 Å². The molecule has 0 fully saturated rings. The van der Waals surface area contributed by atoms with Crippen LogP contribution in [-0.4, -0.2) is 28.2 Å². The highest BCUT2D eigenvalue weighted by molar-refractivity contribution is 7.15. The summed E-state index contributed by atoms with van der Waals surface area (Å²) in [6.45, 7) is 1.00. The summed E-state index contributed by atoms with van der Waals surface area (Å²) in [7, 11) is 0. The number of anilines is 1.